The Labute approximate surface area is 188 Å². The molecule has 2 atom stereocenters. The Morgan fingerprint density at radius 2 is 2.00 bits per heavy atom. The number of rotatable bonds is 5. The predicted molar refractivity (Wildman–Crippen MR) is 114 cm³/mol. The number of carbonyl (C=O) groups excluding carboxylic acids is 3. The average Bonchev–Trinajstić information content (AvgIpc) is 3.33. The summed E-state index contributed by atoms with van der Waals surface area (Å²) in [6.07, 6.45) is 2.62. The summed E-state index contributed by atoms with van der Waals surface area (Å²) in [4.78, 5) is 45.1. The first-order valence-corrected chi connectivity index (χ1v) is 10.6. The zero-order valence-corrected chi connectivity index (χ0v) is 18.2. The number of nitrogens with one attached hydrogen (secondary N) is 2. The largest absolute Gasteiger partial charge is 0.451 e. The number of aromatic nitrogens is 1. The van der Waals surface area contributed by atoms with Crippen molar-refractivity contribution < 1.29 is 18.8 Å². The first-order chi connectivity index (χ1) is 14.8. The van der Waals surface area contributed by atoms with Crippen molar-refractivity contribution in [2.45, 2.75) is 31.3 Å². The molecule has 1 aromatic heterocycles. The zero-order valence-electron chi connectivity index (χ0n) is 16.7. The van der Waals surface area contributed by atoms with E-state index in [0.29, 0.717) is 29.7 Å². The summed E-state index contributed by atoms with van der Waals surface area (Å²) in [6, 6.07) is 4.81. The van der Waals surface area contributed by atoms with Gasteiger partial charge in [0.15, 0.2) is 11.9 Å². The molecule has 1 unspecified atom stereocenters. The average molecular weight is 466 g/mol. The van der Waals surface area contributed by atoms with Gasteiger partial charge in [-0.3, -0.25) is 14.9 Å². The molecule has 4 rings (SSSR count). The minimum atomic E-state index is -1.41. The van der Waals surface area contributed by atoms with Gasteiger partial charge in [0.1, 0.15) is 12.0 Å². The van der Waals surface area contributed by atoms with Crippen molar-refractivity contribution in [1.29, 1.82) is 0 Å². The highest BCUT2D eigenvalue weighted by molar-refractivity contribution is 6.35. The van der Waals surface area contributed by atoms with Gasteiger partial charge in [-0.2, -0.15) is 0 Å². The number of imide groups is 1. The molecular formula is C20H21Cl2N5O4. The summed E-state index contributed by atoms with van der Waals surface area (Å²) in [5, 5.41) is 5.93. The van der Waals surface area contributed by atoms with Crippen LogP contribution < -0.4 is 15.5 Å². The van der Waals surface area contributed by atoms with Gasteiger partial charge in [-0.1, -0.05) is 23.2 Å². The van der Waals surface area contributed by atoms with E-state index in [1.807, 2.05) is 19.1 Å². The van der Waals surface area contributed by atoms with Crippen molar-refractivity contribution in [3.8, 4) is 0 Å². The van der Waals surface area contributed by atoms with Gasteiger partial charge in [-0.25, -0.2) is 9.78 Å². The molecule has 0 spiro atoms. The van der Waals surface area contributed by atoms with Crippen molar-refractivity contribution in [2.75, 3.05) is 24.5 Å². The number of carbonyl (C=O) groups is 3. The molecule has 2 saturated heterocycles. The van der Waals surface area contributed by atoms with E-state index in [1.54, 1.807) is 11.0 Å². The first kappa shape index (κ1) is 21.5. The van der Waals surface area contributed by atoms with E-state index >= 15 is 0 Å². The Kier molecular flexibility index (Phi) is 5.81. The molecule has 11 heteroatoms. The van der Waals surface area contributed by atoms with E-state index in [2.05, 4.69) is 20.5 Å². The second-order valence-electron chi connectivity index (χ2n) is 7.70. The van der Waals surface area contributed by atoms with E-state index in [-0.39, 0.29) is 30.5 Å². The SMILES string of the molecule is C[C@H]1CN(C(=O)CCC2(c3cocn3)NC(=O)NC2=O)CCN1c1cc(Cl)cc(Cl)c1. The van der Waals surface area contributed by atoms with Crippen LogP contribution in [-0.4, -0.2) is 53.4 Å². The Morgan fingerprint density at radius 1 is 1.26 bits per heavy atom. The van der Waals surface area contributed by atoms with Crippen molar-refractivity contribution in [2.24, 2.45) is 0 Å². The summed E-state index contributed by atoms with van der Waals surface area (Å²) < 4.78 is 4.98. The Hall–Kier alpha value is -2.78. The summed E-state index contributed by atoms with van der Waals surface area (Å²) >= 11 is 12.3. The van der Waals surface area contributed by atoms with Crippen LogP contribution in [0.1, 0.15) is 25.5 Å². The highest BCUT2D eigenvalue weighted by Gasteiger charge is 2.49. The molecular weight excluding hydrogens is 445 g/mol. The predicted octanol–water partition coefficient (Wildman–Crippen LogP) is 2.53. The zero-order chi connectivity index (χ0) is 22.2. The van der Waals surface area contributed by atoms with Crippen molar-refractivity contribution >= 4 is 46.7 Å². The Balaban J connectivity index is 1.42. The summed E-state index contributed by atoms with van der Waals surface area (Å²) in [7, 11) is 0. The molecule has 31 heavy (non-hydrogen) atoms. The molecule has 164 valence electrons. The molecule has 4 amide bonds. The van der Waals surface area contributed by atoms with E-state index in [9.17, 15) is 14.4 Å². The van der Waals surface area contributed by atoms with E-state index in [0.717, 1.165) is 5.69 Å². The fourth-order valence-electron chi connectivity index (χ4n) is 4.12. The van der Waals surface area contributed by atoms with Gasteiger partial charge < -0.3 is 19.5 Å². The lowest BCUT2D eigenvalue weighted by atomic mass is 9.90. The summed E-state index contributed by atoms with van der Waals surface area (Å²) in [5.41, 5.74) is -0.239. The van der Waals surface area contributed by atoms with Gasteiger partial charge in [0, 0.05) is 47.8 Å². The van der Waals surface area contributed by atoms with E-state index < -0.39 is 17.5 Å². The highest BCUT2D eigenvalue weighted by Crippen LogP contribution is 2.31. The molecule has 2 aliphatic heterocycles. The number of hydrogen-bond donors (Lipinski definition) is 2. The third-order valence-corrected chi connectivity index (χ3v) is 6.12. The number of hydrogen-bond acceptors (Lipinski definition) is 6. The van der Waals surface area contributed by atoms with Crippen LogP contribution in [0.25, 0.3) is 0 Å². The molecule has 2 N–H and O–H groups in total. The third-order valence-electron chi connectivity index (χ3n) is 5.68. The van der Waals surface area contributed by atoms with Crippen LogP contribution in [-0.2, 0) is 15.1 Å². The van der Waals surface area contributed by atoms with Crippen molar-refractivity contribution in [3.05, 3.63) is 46.6 Å². The molecule has 2 aromatic rings. The number of urea groups is 1. The minimum absolute atomic E-state index is 0.0474. The maximum Gasteiger partial charge on any atom is 0.322 e. The van der Waals surface area contributed by atoms with Gasteiger partial charge in [0.25, 0.3) is 5.91 Å². The van der Waals surface area contributed by atoms with Crippen LogP contribution in [0, 0.1) is 0 Å². The quantitative estimate of drug-likeness (QED) is 0.656. The molecule has 0 aliphatic carbocycles. The molecule has 1 aromatic carbocycles. The fraction of sp³-hybridized carbons (Fsp3) is 0.400. The van der Waals surface area contributed by atoms with Gasteiger partial charge in [-0.05, 0) is 31.5 Å². The van der Waals surface area contributed by atoms with E-state index in [1.165, 1.54) is 12.7 Å². The van der Waals surface area contributed by atoms with Crippen molar-refractivity contribution in [1.82, 2.24) is 20.5 Å². The minimum Gasteiger partial charge on any atom is -0.451 e. The number of amides is 4. The van der Waals surface area contributed by atoms with Gasteiger partial charge in [-0.15, -0.1) is 0 Å². The van der Waals surface area contributed by atoms with Crippen LogP contribution in [0.3, 0.4) is 0 Å². The standard InChI is InChI=1S/C20H21Cl2N5O4/c1-12-9-26(4-5-27(12)15-7-13(21)6-14(22)8-15)17(28)2-3-20(16-10-31-11-23-16)18(29)24-19(30)25-20/h6-8,10-12H,2-5,9H2,1H3,(H2,24,25,29,30)/t12-,20?/m0/s1. The lowest BCUT2D eigenvalue weighted by molar-refractivity contribution is -0.133. The monoisotopic (exact) mass is 465 g/mol. The molecule has 3 heterocycles. The molecule has 0 bridgehead atoms. The fourth-order valence-corrected chi connectivity index (χ4v) is 4.64. The molecule has 9 nitrogen and oxygen atoms in total. The Bertz CT molecular complexity index is 995. The molecule has 2 fully saturated rings. The lowest BCUT2D eigenvalue weighted by Gasteiger charge is -2.41. The van der Waals surface area contributed by atoms with Gasteiger partial charge in [0.05, 0.1) is 0 Å². The van der Waals surface area contributed by atoms with Gasteiger partial charge in [0.2, 0.25) is 5.91 Å². The summed E-state index contributed by atoms with van der Waals surface area (Å²) in [5.74, 6) is -0.650. The lowest BCUT2D eigenvalue weighted by Crippen LogP contribution is -2.54. The van der Waals surface area contributed by atoms with Crippen LogP contribution in [0.2, 0.25) is 10.0 Å². The van der Waals surface area contributed by atoms with E-state index in [4.69, 9.17) is 27.6 Å². The maximum atomic E-state index is 12.9. The van der Waals surface area contributed by atoms with Crippen LogP contribution in [0.4, 0.5) is 10.5 Å². The number of piperazine rings is 1. The van der Waals surface area contributed by atoms with Crippen LogP contribution in [0.15, 0.2) is 35.3 Å². The molecule has 2 aliphatic rings. The number of nitrogens with zero attached hydrogens (tertiary/aromatic N) is 3. The van der Waals surface area contributed by atoms with Crippen LogP contribution >= 0.6 is 23.2 Å². The Morgan fingerprint density at radius 3 is 2.58 bits per heavy atom. The highest BCUT2D eigenvalue weighted by atomic mass is 35.5. The summed E-state index contributed by atoms with van der Waals surface area (Å²) in [6.45, 7) is 3.67. The number of oxazole rings is 1. The second-order valence-corrected chi connectivity index (χ2v) is 8.57. The number of anilines is 1. The third kappa shape index (κ3) is 4.20. The second kappa shape index (κ2) is 8.39. The topological polar surface area (TPSA) is 108 Å². The maximum absolute atomic E-state index is 12.9. The number of benzene rings is 1. The van der Waals surface area contributed by atoms with Crippen LogP contribution in [0.5, 0.6) is 0 Å². The number of halogens is 2. The smallest absolute Gasteiger partial charge is 0.322 e. The first-order valence-electron chi connectivity index (χ1n) is 9.81. The van der Waals surface area contributed by atoms with Crippen molar-refractivity contribution in [3.63, 3.8) is 0 Å². The molecule has 0 saturated carbocycles. The molecule has 0 radical (unpaired) electrons. The normalized spacial score (nSPS) is 23.6. The van der Waals surface area contributed by atoms with Gasteiger partial charge >= 0.3 is 6.03 Å².